The van der Waals surface area contributed by atoms with Gasteiger partial charge in [0.1, 0.15) is 18.7 Å². The second kappa shape index (κ2) is 11.5. The molecule has 0 amide bonds. The second-order valence-corrected chi connectivity index (χ2v) is 15.7. The van der Waals surface area contributed by atoms with Crippen molar-refractivity contribution in [1.82, 2.24) is 19.9 Å². The summed E-state index contributed by atoms with van der Waals surface area (Å²) >= 11 is 3.54. The summed E-state index contributed by atoms with van der Waals surface area (Å²) in [7, 11) is -1.12. The SMILES string of the molecule is C=CCC(N/C=C(\C=N)c1ncnc2c1ccn2COCC[Si](C)(C)C)c1cccc(Br)c1. The van der Waals surface area contributed by atoms with E-state index in [0.717, 1.165) is 45.8 Å². The van der Waals surface area contributed by atoms with Gasteiger partial charge >= 0.3 is 0 Å². The highest BCUT2D eigenvalue weighted by atomic mass is 79.9. The molecule has 8 heteroatoms. The third kappa shape index (κ3) is 6.96. The monoisotopic (exact) mass is 525 g/mol. The lowest BCUT2D eigenvalue weighted by Crippen LogP contribution is -2.22. The van der Waals surface area contributed by atoms with Crippen LogP contribution < -0.4 is 5.32 Å². The zero-order valence-corrected chi connectivity index (χ0v) is 22.1. The number of nitrogens with one attached hydrogen (secondary N) is 2. The van der Waals surface area contributed by atoms with E-state index in [1.807, 2.05) is 41.2 Å². The van der Waals surface area contributed by atoms with Gasteiger partial charge in [-0.3, -0.25) is 0 Å². The normalized spacial score (nSPS) is 13.2. The zero-order chi connectivity index (χ0) is 23.8. The van der Waals surface area contributed by atoms with Crippen LogP contribution in [0.3, 0.4) is 0 Å². The van der Waals surface area contributed by atoms with Gasteiger partial charge in [-0.1, -0.05) is 53.8 Å². The third-order valence-corrected chi connectivity index (χ3v) is 7.50. The summed E-state index contributed by atoms with van der Waals surface area (Å²) in [6.07, 6.45) is 9.33. The van der Waals surface area contributed by atoms with E-state index in [1.165, 1.54) is 6.21 Å². The molecule has 0 radical (unpaired) electrons. The van der Waals surface area contributed by atoms with Crippen LogP contribution in [0, 0.1) is 5.41 Å². The lowest BCUT2D eigenvalue weighted by atomic mass is 10.0. The van der Waals surface area contributed by atoms with Gasteiger partial charge in [-0.15, -0.1) is 6.58 Å². The van der Waals surface area contributed by atoms with Crippen molar-refractivity contribution in [3.63, 3.8) is 0 Å². The van der Waals surface area contributed by atoms with Crippen LogP contribution in [0.15, 0.2) is 66.2 Å². The van der Waals surface area contributed by atoms with Gasteiger partial charge in [0, 0.05) is 48.7 Å². The number of nitrogens with zero attached hydrogens (tertiary/aromatic N) is 3. The van der Waals surface area contributed by atoms with Crippen LogP contribution in [0.5, 0.6) is 0 Å². The number of benzene rings is 1. The first kappa shape index (κ1) is 25.1. The molecule has 6 nitrogen and oxygen atoms in total. The van der Waals surface area contributed by atoms with E-state index in [1.54, 1.807) is 6.33 Å². The van der Waals surface area contributed by atoms with Crippen molar-refractivity contribution in [2.75, 3.05) is 6.61 Å². The van der Waals surface area contributed by atoms with Gasteiger partial charge in [0.25, 0.3) is 0 Å². The Bertz CT molecular complexity index is 1140. The molecule has 1 aromatic carbocycles. The maximum absolute atomic E-state index is 8.01. The molecular weight excluding hydrogens is 494 g/mol. The molecule has 33 heavy (non-hydrogen) atoms. The van der Waals surface area contributed by atoms with Crippen molar-refractivity contribution in [2.24, 2.45) is 0 Å². The van der Waals surface area contributed by atoms with Crippen LogP contribution in [0.1, 0.15) is 23.7 Å². The molecule has 0 aliphatic rings. The summed E-state index contributed by atoms with van der Waals surface area (Å²) in [5.41, 5.74) is 3.34. The Morgan fingerprint density at radius 3 is 2.82 bits per heavy atom. The molecule has 2 aromatic heterocycles. The van der Waals surface area contributed by atoms with Crippen molar-refractivity contribution in [1.29, 1.82) is 5.41 Å². The highest BCUT2D eigenvalue weighted by molar-refractivity contribution is 9.10. The van der Waals surface area contributed by atoms with Crippen molar-refractivity contribution in [3.8, 4) is 0 Å². The van der Waals surface area contributed by atoms with Crippen molar-refractivity contribution >= 4 is 46.8 Å². The van der Waals surface area contributed by atoms with E-state index in [4.69, 9.17) is 10.1 Å². The molecule has 0 aliphatic heterocycles. The number of fused-ring (bicyclic) bond motifs is 1. The summed E-state index contributed by atoms with van der Waals surface area (Å²) in [4.78, 5) is 8.95. The molecule has 1 atom stereocenters. The summed E-state index contributed by atoms with van der Waals surface area (Å²) in [6.45, 7) is 12.1. The Labute approximate surface area is 205 Å². The molecule has 1 unspecified atom stereocenters. The summed E-state index contributed by atoms with van der Waals surface area (Å²) in [5, 5.41) is 12.4. The molecule has 3 rings (SSSR count). The van der Waals surface area contributed by atoms with Gasteiger partial charge < -0.3 is 20.0 Å². The average Bonchev–Trinajstić information content (AvgIpc) is 3.19. The maximum atomic E-state index is 8.01. The predicted octanol–water partition coefficient (Wildman–Crippen LogP) is 6.40. The van der Waals surface area contributed by atoms with Crippen LogP contribution in [0.2, 0.25) is 25.7 Å². The Hall–Kier alpha value is -2.55. The van der Waals surface area contributed by atoms with Crippen LogP contribution >= 0.6 is 15.9 Å². The number of ether oxygens (including phenoxy) is 1. The van der Waals surface area contributed by atoms with E-state index >= 15 is 0 Å². The predicted molar refractivity (Wildman–Crippen MR) is 143 cm³/mol. The Morgan fingerprint density at radius 2 is 2.12 bits per heavy atom. The van der Waals surface area contributed by atoms with Crippen molar-refractivity contribution in [3.05, 3.63) is 77.4 Å². The minimum Gasteiger partial charge on any atom is -0.383 e. The van der Waals surface area contributed by atoms with Gasteiger partial charge in [0.15, 0.2) is 0 Å². The molecule has 0 spiro atoms. The minimum atomic E-state index is -1.12. The van der Waals surface area contributed by atoms with E-state index in [9.17, 15) is 0 Å². The molecule has 0 bridgehead atoms. The van der Waals surface area contributed by atoms with Crippen LogP contribution in [-0.4, -0.2) is 35.4 Å². The Kier molecular flexibility index (Phi) is 8.77. The number of halogens is 1. The lowest BCUT2D eigenvalue weighted by Gasteiger charge is -2.17. The molecule has 0 fully saturated rings. The summed E-state index contributed by atoms with van der Waals surface area (Å²) in [5.74, 6) is 0. The van der Waals surface area contributed by atoms with E-state index in [-0.39, 0.29) is 6.04 Å². The molecular formula is C25H32BrN5OSi. The van der Waals surface area contributed by atoms with Gasteiger partial charge in [0.2, 0.25) is 0 Å². The largest absolute Gasteiger partial charge is 0.383 e. The minimum absolute atomic E-state index is 0.0386. The first-order valence-electron chi connectivity index (χ1n) is 11.0. The average molecular weight is 527 g/mol. The number of hydrogen-bond acceptors (Lipinski definition) is 5. The topological polar surface area (TPSA) is 75.8 Å². The highest BCUT2D eigenvalue weighted by Crippen LogP contribution is 2.24. The second-order valence-electron chi connectivity index (χ2n) is 9.14. The Balaban J connectivity index is 1.81. The molecule has 174 valence electrons. The molecule has 3 aromatic rings. The van der Waals surface area contributed by atoms with E-state index in [2.05, 4.69) is 69.6 Å². The number of hydrogen-bond donors (Lipinski definition) is 2. The third-order valence-electron chi connectivity index (χ3n) is 5.31. The standard InChI is InChI=1S/C25H32BrN5OSi/c1-5-7-23(19-8-6-9-21(26)14-19)28-16-20(15-27)24-22-10-11-31(25(22)30-17-29-24)18-32-12-13-33(2,3)4/h5-6,8-11,14-17,23,27-28H,1,7,12-13,18H2,2-4H3/b20-16+,27-15?. The Morgan fingerprint density at radius 1 is 1.30 bits per heavy atom. The molecule has 2 N–H and O–H groups in total. The first-order chi connectivity index (χ1) is 15.8. The summed E-state index contributed by atoms with van der Waals surface area (Å²) < 4.78 is 8.92. The van der Waals surface area contributed by atoms with E-state index < -0.39 is 8.07 Å². The molecule has 0 aliphatic carbocycles. The summed E-state index contributed by atoms with van der Waals surface area (Å²) in [6, 6.07) is 11.3. The van der Waals surface area contributed by atoms with Gasteiger partial charge in [-0.2, -0.15) is 0 Å². The smallest absolute Gasteiger partial charge is 0.145 e. The van der Waals surface area contributed by atoms with Crippen LogP contribution in [-0.2, 0) is 11.5 Å². The maximum Gasteiger partial charge on any atom is 0.145 e. The van der Waals surface area contributed by atoms with Gasteiger partial charge in [0.05, 0.1) is 11.7 Å². The number of rotatable bonds is 12. The molecule has 0 saturated carbocycles. The number of aromatic nitrogens is 3. The molecule has 0 saturated heterocycles. The van der Waals surface area contributed by atoms with Gasteiger partial charge in [-0.05, 0) is 36.2 Å². The fraction of sp³-hybridized carbons (Fsp3) is 0.320. The number of allylic oxidation sites excluding steroid dienone is 1. The van der Waals surface area contributed by atoms with Crippen molar-refractivity contribution < 1.29 is 4.74 Å². The quantitative estimate of drug-likeness (QED) is 0.124. The fourth-order valence-corrected chi connectivity index (χ4v) is 4.61. The first-order valence-corrected chi connectivity index (χ1v) is 15.5. The highest BCUT2D eigenvalue weighted by Gasteiger charge is 2.15. The van der Waals surface area contributed by atoms with Crippen LogP contribution in [0.25, 0.3) is 16.6 Å². The zero-order valence-electron chi connectivity index (χ0n) is 19.5. The fourth-order valence-electron chi connectivity index (χ4n) is 3.44. The van der Waals surface area contributed by atoms with E-state index in [0.29, 0.717) is 12.3 Å². The lowest BCUT2D eigenvalue weighted by molar-refractivity contribution is 0.0899. The van der Waals surface area contributed by atoms with Crippen LogP contribution in [0.4, 0.5) is 0 Å². The molecule has 2 heterocycles. The van der Waals surface area contributed by atoms with Gasteiger partial charge in [-0.25, -0.2) is 9.97 Å². The van der Waals surface area contributed by atoms with Crippen molar-refractivity contribution in [2.45, 2.75) is 44.9 Å².